The van der Waals surface area contributed by atoms with Crippen LogP contribution in [0.5, 0.6) is 0 Å². The quantitative estimate of drug-likeness (QED) is 0.613. The van der Waals surface area contributed by atoms with Crippen molar-refractivity contribution in [3.63, 3.8) is 0 Å². The maximum Gasteiger partial charge on any atom is 0.242 e. The molecule has 0 heterocycles. The van der Waals surface area contributed by atoms with Gasteiger partial charge in [0, 0.05) is 18.0 Å². The number of amides is 2. The smallest absolute Gasteiger partial charge is 0.242 e. The summed E-state index contributed by atoms with van der Waals surface area (Å²) in [4.78, 5) is 28.5. The van der Waals surface area contributed by atoms with Gasteiger partial charge in [0.2, 0.25) is 11.8 Å². The molecule has 0 aliphatic rings. The third-order valence-electron chi connectivity index (χ3n) is 4.84. The van der Waals surface area contributed by atoms with Crippen molar-refractivity contribution in [2.45, 2.75) is 52.1 Å². The second-order valence-corrected chi connectivity index (χ2v) is 8.91. The van der Waals surface area contributed by atoms with Gasteiger partial charge in [0.1, 0.15) is 6.04 Å². The maximum absolute atomic E-state index is 13.1. The molecule has 2 aromatic carbocycles. The Morgan fingerprint density at radius 2 is 1.66 bits per heavy atom. The van der Waals surface area contributed by atoms with Gasteiger partial charge in [0.25, 0.3) is 0 Å². The summed E-state index contributed by atoms with van der Waals surface area (Å²) in [5.41, 5.74) is 3.37. The van der Waals surface area contributed by atoms with Crippen LogP contribution in [-0.4, -0.2) is 35.1 Å². The highest BCUT2D eigenvalue weighted by Gasteiger charge is 2.26. The van der Waals surface area contributed by atoms with E-state index in [4.69, 9.17) is 0 Å². The van der Waals surface area contributed by atoms with Gasteiger partial charge < -0.3 is 10.2 Å². The fourth-order valence-electron chi connectivity index (χ4n) is 2.87. The molecule has 156 valence electrons. The molecule has 0 spiro atoms. The van der Waals surface area contributed by atoms with Crippen molar-refractivity contribution in [2.75, 3.05) is 12.3 Å². The zero-order chi connectivity index (χ0) is 21.4. The Kier molecular flexibility index (Phi) is 8.77. The molecule has 29 heavy (non-hydrogen) atoms. The number of nitrogens with zero attached hydrogens (tertiary/aromatic N) is 1. The van der Waals surface area contributed by atoms with Crippen LogP contribution in [0.25, 0.3) is 0 Å². The first-order chi connectivity index (χ1) is 13.8. The van der Waals surface area contributed by atoms with Gasteiger partial charge in [-0.25, -0.2) is 0 Å². The lowest BCUT2D eigenvalue weighted by atomic mass is 10.1. The van der Waals surface area contributed by atoms with Crippen molar-refractivity contribution >= 4 is 23.6 Å². The van der Waals surface area contributed by atoms with Crippen molar-refractivity contribution in [3.05, 3.63) is 65.2 Å². The van der Waals surface area contributed by atoms with Crippen LogP contribution in [0.4, 0.5) is 0 Å². The number of hydrogen-bond acceptors (Lipinski definition) is 3. The number of hydrogen-bond donors (Lipinski definition) is 1. The molecule has 0 aliphatic heterocycles. The lowest BCUT2D eigenvalue weighted by Gasteiger charge is -2.29. The topological polar surface area (TPSA) is 49.4 Å². The molecule has 0 aliphatic carbocycles. The Balaban J connectivity index is 2.13. The van der Waals surface area contributed by atoms with Crippen LogP contribution in [0.3, 0.4) is 0 Å². The first kappa shape index (κ1) is 23.0. The lowest BCUT2D eigenvalue weighted by Crippen LogP contribution is -2.48. The molecule has 5 heteroatoms. The minimum atomic E-state index is -0.528. The third kappa shape index (κ3) is 7.24. The van der Waals surface area contributed by atoms with Crippen molar-refractivity contribution in [1.82, 2.24) is 10.2 Å². The van der Waals surface area contributed by atoms with Crippen molar-refractivity contribution in [3.8, 4) is 0 Å². The number of carbonyl (C=O) groups excluding carboxylic acids is 2. The van der Waals surface area contributed by atoms with Crippen LogP contribution in [0.1, 0.15) is 37.5 Å². The fraction of sp³-hybridized carbons (Fsp3) is 0.417. The van der Waals surface area contributed by atoms with Crippen LogP contribution in [0, 0.1) is 19.8 Å². The molecule has 1 unspecified atom stereocenters. The van der Waals surface area contributed by atoms with E-state index in [0.29, 0.717) is 24.8 Å². The first-order valence-corrected chi connectivity index (χ1v) is 11.1. The predicted octanol–water partition coefficient (Wildman–Crippen LogP) is 4.59. The molecule has 0 saturated heterocycles. The minimum Gasteiger partial charge on any atom is -0.354 e. The highest BCUT2D eigenvalue weighted by Crippen LogP contribution is 2.21. The van der Waals surface area contributed by atoms with E-state index in [2.05, 4.69) is 19.2 Å². The standard InChI is InChI=1S/C24H32N2O2S/c1-17(2)14-25-24(28)20(5)26(15-21-9-7-6-8-19(21)4)23(27)16-29-22-12-10-18(3)11-13-22/h6-13,17,20H,14-16H2,1-5H3,(H,25,28). The Hall–Kier alpha value is -2.27. The second-order valence-electron chi connectivity index (χ2n) is 7.86. The van der Waals surface area contributed by atoms with E-state index in [-0.39, 0.29) is 11.8 Å². The summed E-state index contributed by atoms with van der Waals surface area (Å²) in [6.45, 7) is 11.0. The molecule has 2 amide bonds. The van der Waals surface area contributed by atoms with Crippen molar-refractivity contribution in [1.29, 1.82) is 0 Å². The molecule has 0 radical (unpaired) electrons. The van der Waals surface area contributed by atoms with E-state index < -0.39 is 6.04 Å². The van der Waals surface area contributed by atoms with Gasteiger partial charge in [0.05, 0.1) is 5.75 Å². The Morgan fingerprint density at radius 3 is 2.28 bits per heavy atom. The molecule has 4 nitrogen and oxygen atoms in total. The van der Waals surface area contributed by atoms with Crippen molar-refractivity contribution in [2.24, 2.45) is 5.92 Å². The molecule has 0 aromatic heterocycles. The van der Waals surface area contributed by atoms with Crippen LogP contribution in [-0.2, 0) is 16.1 Å². The SMILES string of the molecule is Cc1ccc(SCC(=O)N(Cc2ccccc2C)C(C)C(=O)NCC(C)C)cc1. The summed E-state index contributed by atoms with van der Waals surface area (Å²) < 4.78 is 0. The number of aryl methyl sites for hydroxylation is 2. The average molecular weight is 413 g/mol. The highest BCUT2D eigenvalue weighted by molar-refractivity contribution is 8.00. The fourth-order valence-corrected chi connectivity index (χ4v) is 3.65. The summed E-state index contributed by atoms with van der Waals surface area (Å²) in [5, 5.41) is 2.96. The normalized spacial score (nSPS) is 11.9. The molecule has 0 saturated carbocycles. The average Bonchev–Trinajstić information content (AvgIpc) is 2.70. The highest BCUT2D eigenvalue weighted by atomic mass is 32.2. The summed E-state index contributed by atoms with van der Waals surface area (Å²) in [5.74, 6) is 0.521. The van der Waals surface area contributed by atoms with Gasteiger partial charge in [-0.05, 0) is 49.9 Å². The Labute approximate surface area is 179 Å². The van der Waals surface area contributed by atoms with Crippen molar-refractivity contribution < 1.29 is 9.59 Å². The predicted molar refractivity (Wildman–Crippen MR) is 121 cm³/mol. The summed E-state index contributed by atoms with van der Waals surface area (Å²) in [7, 11) is 0. The lowest BCUT2D eigenvalue weighted by molar-refractivity contribution is -0.138. The summed E-state index contributed by atoms with van der Waals surface area (Å²) in [6, 6.07) is 15.6. The molecule has 1 N–H and O–H groups in total. The largest absolute Gasteiger partial charge is 0.354 e. The van der Waals surface area contributed by atoms with Gasteiger partial charge >= 0.3 is 0 Å². The number of thioether (sulfide) groups is 1. The van der Waals surface area contributed by atoms with E-state index in [1.807, 2.05) is 69.3 Å². The number of rotatable bonds is 9. The van der Waals surface area contributed by atoms with E-state index in [1.54, 1.807) is 4.90 Å². The molecule has 2 rings (SSSR count). The molecule has 2 aromatic rings. The molecular formula is C24H32N2O2S. The number of nitrogens with one attached hydrogen (secondary N) is 1. The molecular weight excluding hydrogens is 380 g/mol. The number of carbonyl (C=O) groups is 2. The first-order valence-electron chi connectivity index (χ1n) is 10.1. The van der Waals surface area contributed by atoms with E-state index in [9.17, 15) is 9.59 Å². The summed E-state index contributed by atoms with van der Waals surface area (Å²) in [6.07, 6.45) is 0. The van der Waals surface area contributed by atoms with Gasteiger partial charge in [0.15, 0.2) is 0 Å². The zero-order valence-electron chi connectivity index (χ0n) is 18.1. The molecule has 1 atom stereocenters. The van der Waals surface area contributed by atoms with E-state index in [0.717, 1.165) is 16.0 Å². The summed E-state index contributed by atoms with van der Waals surface area (Å²) >= 11 is 1.50. The van der Waals surface area contributed by atoms with Gasteiger partial charge in [-0.2, -0.15) is 0 Å². The zero-order valence-corrected chi connectivity index (χ0v) is 18.9. The van der Waals surface area contributed by atoms with Crippen LogP contribution >= 0.6 is 11.8 Å². The Bertz CT molecular complexity index is 818. The molecule has 0 fully saturated rings. The minimum absolute atomic E-state index is 0.0361. The van der Waals surface area contributed by atoms with Crippen LogP contribution in [0.2, 0.25) is 0 Å². The Morgan fingerprint density at radius 1 is 1.00 bits per heavy atom. The second kappa shape index (κ2) is 11.1. The van der Waals surface area contributed by atoms with Gasteiger partial charge in [-0.15, -0.1) is 11.8 Å². The van der Waals surface area contributed by atoms with Crippen LogP contribution < -0.4 is 5.32 Å². The van der Waals surface area contributed by atoms with Gasteiger partial charge in [-0.3, -0.25) is 9.59 Å². The monoisotopic (exact) mass is 412 g/mol. The van der Waals surface area contributed by atoms with Crippen LogP contribution in [0.15, 0.2) is 53.4 Å². The van der Waals surface area contributed by atoms with E-state index >= 15 is 0 Å². The number of benzene rings is 2. The van der Waals surface area contributed by atoms with E-state index in [1.165, 1.54) is 17.3 Å². The van der Waals surface area contributed by atoms with Gasteiger partial charge in [-0.1, -0.05) is 55.8 Å². The molecule has 0 bridgehead atoms. The maximum atomic E-state index is 13.1. The third-order valence-corrected chi connectivity index (χ3v) is 5.83.